The van der Waals surface area contributed by atoms with Gasteiger partial charge in [-0.25, -0.2) is 9.97 Å². The number of pyridine rings is 7. The molecule has 540 valence electrons. The van der Waals surface area contributed by atoms with Gasteiger partial charge < -0.3 is 13.7 Å². The van der Waals surface area contributed by atoms with Crippen LogP contribution in [0.3, 0.4) is 0 Å². The van der Waals surface area contributed by atoms with Gasteiger partial charge in [-0.1, -0.05) is 218 Å². The van der Waals surface area contributed by atoms with E-state index in [-0.39, 0.29) is 0 Å². The molecule has 0 spiro atoms. The smallest absolute Gasteiger partial charge is 0.0963 e. The molecule has 10 aromatic heterocycles. The van der Waals surface area contributed by atoms with Crippen LogP contribution in [0, 0.1) is 0 Å². The van der Waals surface area contributed by atoms with Gasteiger partial charge in [0.1, 0.15) is 0 Å². The van der Waals surface area contributed by atoms with Crippen molar-refractivity contribution in [3.8, 4) is 118 Å². The van der Waals surface area contributed by atoms with E-state index in [9.17, 15) is 0 Å². The third-order valence-corrected chi connectivity index (χ3v) is 22.0. The van der Waals surface area contributed by atoms with E-state index in [2.05, 4.69) is 357 Å². The number of fused-ring (bicyclic) bond motifs is 9. The topological polar surface area (TPSA) is 105 Å². The maximum absolute atomic E-state index is 5.13. The Hall–Kier alpha value is -13.7. The number of rotatable bonds is 12. The van der Waals surface area contributed by atoms with Gasteiger partial charge in [0.2, 0.25) is 0 Å². The monoisotopic (exact) mass is 1650 g/mol. The Labute approximate surface area is 683 Å². The minimum atomic E-state index is 0.931. The molecule has 0 amide bonds. The van der Waals surface area contributed by atoms with Gasteiger partial charge in [-0.2, -0.15) is 0 Å². The third-order valence-electron chi connectivity index (χ3n) is 20.5. The standard InChI is InChI=1S/2C34H22BrN3.C33H21BrN4/c35-27-16-17-29-33(22-27)38(32-15-8-18-36-34(29)32)28-14-7-13-25(19-28)26-20-30(23-9-3-1-4-10-23)37-31(21-26)24-11-5-2-6-12-24;35-27-16-17-29-33(22-27)38(32-15-8-18-36-34(29)32)28-14-7-13-25(19-28)31-21-26(23-9-3-1-4-10-23)20-30(37-31)24-11-5-2-6-12-24;34-26-12-13-28-32(21-26)38(31-11-6-16-37-33(28)31)27-8-5-7-22(20-27)23-17-24(29-9-1-3-14-35-29)19-25(18-23)30-10-2-4-15-36-30/h2*1-22H;1-21H. The Morgan fingerprint density at radius 2 is 0.474 bits per heavy atom. The van der Waals surface area contributed by atoms with Gasteiger partial charge in [0.05, 0.1) is 83.8 Å². The van der Waals surface area contributed by atoms with Gasteiger partial charge in [-0.05, 0) is 228 Å². The molecule has 0 aliphatic rings. The maximum Gasteiger partial charge on any atom is 0.0963 e. The van der Waals surface area contributed by atoms with Crippen molar-refractivity contribution in [2.24, 2.45) is 0 Å². The van der Waals surface area contributed by atoms with Crippen molar-refractivity contribution in [1.29, 1.82) is 0 Å². The molecule has 114 heavy (non-hydrogen) atoms. The molecule has 0 bridgehead atoms. The van der Waals surface area contributed by atoms with Crippen LogP contribution < -0.4 is 0 Å². The number of benzene rings is 11. The third kappa shape index (κ3) is 14.2. The van der Waals surface area contributed by atoms with Gasteiger partial charge >= 0.3 is 0 Å². The second-order valence-electron chi connectivity index (χ2n) is 27.7. The summed E-state index contributed by atoms with van der Waals surface area (Å²) in [6.45, 7) is 0. The summed E-state index contributed by atoms with van der Waals surface area (Å²) >= 11 is 11.0. The lowest BCUT2D eigenvalue weighted by Gasteiger charge is -2.13. The van der Waals surface area contributed by atoms with Crippen molar-refractivity contribution in [1.82, 2.24) is 48.6 Å². The summed E-state index contributed by atoms with van der Waals surface area (Å²) in [7, 11) is 0. The summed E-state index contributed by atoms with van der Waals surface area (Å²) in [5, 5.41) is 3.39. The molecule has 0 radical (unpaired) electrons. The molecule has 10 heterocycles. The van der Waals surface area contributed by atoms with Crippen LogP contribution in [0.15, 0.2) is 408 Å². The zero-order valence-electron chi connectivity index (χ0n) is 61.1. The molecule has 0 aliphatic heterocycles. The van der Waals surface area contributed by atoms with Crippen molar-refractivity contribution in [3.05, 3.63) is 408 Å². The highest BCUT2D eigenvalue weighted by Crippen LogP contribution is 2.41. The molecule has 21 aromatic rings. The van der Waals surface area contributed by atoms with E-state index < -0.39 is 0 Å². The van der Waals surface area contributed by atoms with Crippen LogP contribution in [0.25, 0.3) is 184 Å². The van der Waals surface area contributed by atoms with Crippen LogP contribution in [0.4, 0.5) is 0 Å². The minimum absolute atomic E-state index is 0.931. The lowest BCUT2D eigenvalue weighted by molar-refractivity contribution is 1.17. The zero-order chi connectivity index (χ0) is 76.4. The van der Waals surface area contributed by atoms with E-state index >= 15 is 0 Å². The lowest BCUT2D eigenvalue weighted by atomic mass is 9.96. The highest BCUT2D eigenvalue weighted by Gasteiger charge is 2.21. The Morgan fingerprint density at radius 1 is 0.175 bits per heavy atom. The van der Waals surface area contributed by atoms with E-state index in [1.54, 1.807) is 0 Å². The second kappa shape index (κ2) is 31.2. The number of hydrogen-bond donors (Lipinski definition) is 0. The predicted molar refractivity (Wildman–Crippen MR) is 479 cm³/mol. The van der Waals surface area contributed by atoms with Gasteiger partial charge in [0.15, 0.2) is 0 Å². The molecule has 0 atom stereocenters. The number of aromatic nitrogens is 10. The Morgan fingerprint density at radius 3 is 0.842 bits per heavy atom. The molecule has 11 aromatic carbocycles. The Balaban J connectivity index is 0.000000115. The first kappa shape index (κ1) is 70.7. The van der Waals surface area contributed by atoms with Crippen LogP contribution in [-0.4, -0.2) is 48.6 Å². The average molecular weight is 1660 g/mol. The van der Waals surface area contributed by atoms with Gasteiger partial charge in [0.25, 0.3) is 0 Å². The highest BCUT2D eigenvalue weighted by atomic mass is 79.9. The van der Waals surface area contributed by atoms with Gasteiger partial charge in [0, 0.05) is 111 Å². The summed E-state index contributed by atoms with van der Waals surface area (Å²) < 4.78 is 9.98. The van der Waals surface area contributed by atoms with E-state index in [0.717, 1.165) is 192 Å². The van der Waals surface area contributed by atoms with Crippen molar-refractivity contribution < 1.29 is 0 Å². The average Bonchev–Trinajstić information content (AvgIpc) is 1.53. The molecule has 0 fully saturated rings. The summed E-state index contributed by atoms with van der Waals surface area (Å²) in [5.74, 6) is 0. The molecule has 0 aliphatic carbocycles. The minimum Gasteiger partial charge on any atom is -0.308 e. The van der Waals surface area contributed by atoms with Crippen LogP contribution in [-0.2, 0) is 0 Å². The Kier molecular flexibility index (Phi) is 19.4. The SMILES string of the molecule is Brc1ccc2c3ncccc3n(-c3cccc(-c4cc(-c5ccccc5)cc(-c5ccccc5)n4)c3)c2c1.Brc1ccc2c3ncccc3n(-c3cccc(-c4cc(-c5ccccc5)nc(-c5ccccc5)c4)c3)c2c1.Brc1ccc2c3ncccc3n(-c3cccc(-c4cc(-c5ccccn5)cc(-c5ccccn5)c4)c3)c2c1. The predicted octanol–water partition coefficient (Wildman–Crippen LogP) is 27.4. The summed E-state index contributed by atoms with van der Waals surface area (Å²) in [4.78, 5) is 33.5. The maximum atomic E-state index is 5.13. The van der Waals surface area contributed by atoms with E-state index in [1.807, 2.05) is 110 Å². The van der Waals surface area contributed by atoms with Crippen LogP contribution >= 0.6 is 47.8 Å². The molecule has 13 heteroatoms. The molecule has 0 saturated carbocycles. The van der Waals surface area contributed by atoms with Gasteiger partial charge in [-0.15, -0.1) is 0 Å². The Bertz CT molecular complexity index is 6290. The molecule has 0 unspecified atom stereocenters. The van der Waals surface area contributed by atoms with Crippen molar-refractivity contribution >= 4 is 114 Å². The molecule has 10 nitrogen and oxygen atoms in total. The fraction of sp³-hybridized carbons (Fsp3) is 0. The van der Waals surface area contributed by atoms with E-state index in [4.69, 9.17) is 24.9 Å². The van der Waals surface area contributed by atoms with Gasteiger partial charge in [-0.3, -0.25) is 24.9 Å². The highest BCUT2D eigenvalue weighted by molar-refractivity contribution is 9.11. The summed E-state index contributed by atoms with van der Waals surface area (Å²) in [6, 6.07) is 126. The molecule has 0 N–H and O–H groups in total. The first-order valence-corrected chi connectivity index (χ1v) is 39.8. The molecule has 0 saturated heterocycles. The number of hydrogen-bond acceptors (Lipinski definition) is 7. The van der Waals surface area contributed by atoms with E-state index in [1.165, 1.54) is 5.56 Å². The zero-order valence-corrected chi connectivity index (χ0v) is 65.9. The van der Waals surface area contributed by atoms with Crippen LogP contribution in [0.2, 0.25) is 0 Å². The molecular formula is C101H65Br3N10. The van der Waals surface area contributed by atoms with Crippen LogP contribution in [0.5, 0.6) is 0 Å². The van der Waals surface area contributed by atoms with Crippen molar-refractivity contribution in [3.63, 3.8) is 0 Å². The second-order valence-corrected chi connectivity index (χ2v) is 30.4. The fourth-order valence-corrected chi connectivity index (χ4v) is 16.3. The van der Waals surface area contributed by atoms with Crippen molar-refractivity contribution in [2.75, 3.05) is 0 Å². The van der Waals surface area contributed by atoms with E-state index in [0.29, 0.717) is 0 Å². The molecular weight excluding hydrogens is 1590 g/mol. The number of nitrogens with zero attached hydrogens (tertiary/aromatic N) is 10. The summed E-state index contributed by atoms with van der Waals surface area (Å²) in [6.07, 6.45) is 9.23. The number of halogens is 3. The lowest BCUT2D eigenvalue weighted by Crippen LogP contribution is -1.96. The van der Waals surface area contributed by atoms with Crippen LogP contribution in [0.1, 0.15) is 0 Å². The quantitative estimate of drug-likeness (QED) is 0.120. The first-order chi connectivity index (χ1) is 56.2. The molecule has 21 rings (SSSR count). The summed E-state index contributed by atoms with van der Waals surface area (Å²) in [5.41, 5.74) is 31.7. The van der Waals surface area contributed by atoms with Crippen molar-refractivity contribution in [2.45, 2.75) is 0 Å². The normalized spacial score (nSPS) is 11.3. The largest absolute Gasteiger partial charge is 0.308 e. The fourth-order valence-electron chi connectivity index (χ4n) is 15.3. The first-order valence-electron chi connectivity index (χ1n) is 37.4.